The zero-order valence-electron chi connectivity index (χ0n) is 9.05. The largest absolute Gasteiger partial charge is 0.416 e. The second-order valence-electron chi connectivity index (χ2n) is 3.52. The fraction of sp³-hybridized carbons (Fsp3) is 0.364. The van der Waals surface area contributed by atoms with E-state index in [1.54, 1.807) is 0 Å². The third-order valence-corrected chi connectivity index (χ3v) is 2.10. The summed E-state index contributed by atoms with van der Waals surface area (Å²) in [5.41, 5.74) is 4.84. The molecule has 0 fully saturated rings. The van der Waals surface area contributed by atoms with Gasteiger partial charge in [0, 0.05) is 12.1 Å². The van der Waals surface area contributed by atoms with Gasteiger partial charge in [-0.1, -0.05) is 0 Å². The SMILES string of the molecule is NCCCC(=O)Nc1ccc(C(F)(F)F)cc1. The van der Waals surface area contributed by atoms with Gasteiger partial charge in [-0.15, -0.1) is 0 Å². The van der Waals surface area contributed by atoms with E-state index in [1.165, 1.54) is 12.1 Å². The number of halogens is 3. The second kappa shape index (κ2) is 5.67. The second-order valence-corrected chi connectivity index (χ2v) is 3.52. The number of benzene rings is 1. The predicted molar refractivity (Wildman–Crippen MR) is 58.4 cm³/mol. The van der Waals surface area contributed by atoms with Crippen LogP contribution in [0.5, 0.6) is 0 Å². The third kappa shape index (κ3) is 4.44. The number of nitrogens with two attached hydrogens (primary N) is 1. The Morgan fingerprint density at radius 2 is 1.82 bits per heavy atom. The van der Waals surface area contributed by atoms with Gasteiger partial charge in [-0.25, -0.2) is 0 Å². The standard InChI is InChI=1S/C11H13F3N2O/c12-11(13,14)8-3-5-9(6-4-8)16-10(17)2-1-7-15/h3-6H,1-2,7,15H2,(H,16,17). The first kappa shape index (κ1) is 13.5. The first-order valence-corrected chi connectivity index (χ1v) is 5.10. The normalized spacial score (nSPS) is 11.3. The van der Waals surface area contributed by atoms with Crippen LogP contribution in [0.2, 0.25) is 0 Å². The molecule has 0 saturated carbocycles. The Balaban J connectivity index is 2.60. The lowest BCUT2D eigenvalue weighted by molar-refractivity contribution is -0.137. The Morgan fingerprint density at radius 3 is 2.29 bits per heavy atom. The van der Waals surface area contributed by atoms with Crippen LogP contribution >= 0.6 is 0 Å². The quantitative estimate of drug-likeness (QED) is 0.857. The van der Waals surface area contributed by atoms with Gasteiger partial charge in [0.25, 0.3) is 0 Å². The summed E-state index contributed by atoms with van der Waals surface area (Å²) in [5.74, 6) is -0.254. The number of carbonyl (C=O) groups excluding carboxylic acids is 1. The molecule has 0 aliphatic carbocycles. The molecule has 1 rings (SSSR count). The number of hydrogen-bond donors (Lipinski definition) is 2. The van der Waals surface area contributed by atoms with Crippen molar-refractivity contribution in [2.24, 2.45) is 5.73 Å². The maximum Gasteiger partial charge on any atom is 0.416 e. The monoisotopic (exact) mass is 246 g/mol. The molecular weight excluding hydrogens is 233 g/mol. The van der Waals surface area contributed by atoms with Crippen molar-refractivity contribution in [3.05, 3.63) is 29.8 Å². The molecule has 0 bridgehead atoms. The van der Waals surface area contributed by atoms with E-state index in [9.17, 15) is 18.0 Å². The van der Waals surface area contributed by atoms with E-state index in [1.807, 2.05) is 0 Å². The molecule has 0 heterocycles. The number of alkyl halides is 3. The van der Waals surface area contributed by atoms with E-state index >= 15 is 0 Å². The van der Waals surface area contributed by atoms with Crippen LogP contribution in [0.4, 0.5) is 18.9 Å². The van der Waals surface area contributed by atoms with Crippen molar-refractivity contribution in [2.75, 3.05) is 11.9 Å². The van der Waals surface area contributed by atoms with E-state index in [0.717, 1.165) is 12.1 Å². The van der Waals surface area contributed by atoms with Gasteiger partial charge < -0.3 is 11.1 Å². The first-order chi connectivity index (χ1) is 7.93. The van der Waals surface area contributed by atoms with Gasteiger partial charge >= 0.3 is 6.18 Å². The summed E-state index contributed by atoms with van der Waals surface area (Å²) in [5, 5.41) is 2.49. The Hall–Kier alpha value is -1.56. The fourth-order valence-corrected chi connectivity index (χ4v) is 1.23. The number of anilines is 1. The number of amides is 1. The van der Waals surface area contributed by atoms with Crippen LogP contribution in [0, 0.1) is 0 Å². The highest BCUT2D eigenvalue weighted by Gasteiger charge is 2.29. The third-order valence-electron chi connectivity index (χ3n) is 2.10. The Labute approximate surface area is 96.8 Å². The lowest BCUT2D eigenvalue weighted by Crippen LogP contribution is -2.13. The van der Waals surface area contributed by atoms with Gasteiger partial charge in [0.15, 0.2) is 0 Å². The van der Waals surface area contributed by atoms with E-state index in [0.29, 0.717) is 18.7 Å². The zero-order chi connectivity index (χ0) is 12.9. The van der Waals surface area contributed by atoms with Gasteiger partial charge in [0.05, 0.1) is 5.56 Å². The molecule has 0 radical (unpaired) electrons. The lowest BCUT2D eigenvalue weighted by atomic mass is 10.2. The molecule has 0 saturated heterocycles. The highest BCUT2D eigenvalue weighted by Crippen LogP contribution is 2.29. The fourth-order valence-electron chi connectivity index (χ4n) is 1.23. The van der Waals surface area contributed by atoms with E-state index in [2.05, 4.69) is 5.32 Å². The molecule has 17 heavy (non-hydrogen) atoms. The van der Waals surface area contributed by atoms with E-state index < -0.39 is 11.7 Å². The van der Waals surface area contributed by atoms with Crippen LogP contribution in [0.1, 0.15) is 18.4 Å². The van der Waals surface area contributed by atoms with Crippen molar-refractivity contribution in [3.63, 3.8) is 0 Å². The van der Waals surface area contributed by atoms with E-state index in [-0.39, 0.29) is 12.3 Å². The van der Waals surface area contributed by atoms with Gasteiger partial charge in [-0.3, -0.25) is 4.79 Å². The summed E-state index contributed by atoms with van der Waals surface area (Å²) in [6.45, 7) is 0.403. The molecule has 94 valence electrons. The topological polar surface area (TPSA) is 55.1 Å². The Bertz CT molecular complexity index is 373. The molecule has 0 aliphatic heterocycles. The van der Waals surface area contributed by atoms with Crippen LogP contribution in [0.25, 0.3) is 0 Å². The first-order valence-electron chi connectivity index (χ1n) is 5.10. The Kier molecular flexibility index (Phi) is 4.51. The molecule has 3 nitrogen and oxygen atoms in total. The van der Waals surface area contributed by atoms with Crippen LogP contribution in [-0.4, -0.2) is 12.5 Å². The van der Waals surface area contributed by atoms with Gasteiger partial charge in [-0.2, -0.15) is 13.2 Å². The average molecular weight is 246 g/mol. The number of nitrogens with one attached hydrogen (secondary N) is 1. The van der Waals surface area contributed by atoms with E-state index in [4.69, 9.17) is 5.73 Å². The summed E-state index contributed by atoms with van der Waals surface area (Å²) >= 11 is 0. The lowest BCUT2D eigenvalue weighted by Gasteiger charge is -2.08. The minimum atomic E-state index is -4.36. The molecule has 6 heteroatoms. The van der Waals surface area contributed by atoms with Crippen molar-refractivity contribution in [3.8, 4) is 0 Å². The molecule has 0 aliphatic rings. The molecule has 0 unspecified atom stereocenters. The molecular formula is C11H13F3N2O. The summed E-state index contributed by atoms with van der Waals surface area (Å²) in [6, 6.07) is 4.31. The minimum Gasteiger partial charge on any atom is -0.330 e. The number of rotatable bonds is 4. The van der Waals surface area contributed by atoms with Crippen LogP contribution in [0.15, 0.2) is 24.3 Å². The van der Waals surface area contributed by atoms with Gasteiger partial charge in [-0.05, 0) is 37.2 Å². The van der Waals surface area contributed by atoms with Crippen molar-refractivity contribution in [2.45, 2.75) is 19.0 Å². The van der Waals surface area contributed by atoms with Gasteiger partial charge in [0.2, 0.25) is 5.91 Å². The van der Waals surface area contributed by atoms with Crippen LogP contribution in [-0.2, 0) is 11.0 Å². The molecule has 3 N–H and O–H groups in total. The zero-order valence-corrected chi connectivity index (χ0v) is 9.05. The Morgan fingerprint density at radius 1 is 1.24 bits per heavy atom. The van der Waals surface area contributed by atoms with Crippen molar-refractivity contribution in [1.29, 1.82) is 0 Å². The van der Waals surface area contributed by atoms with Crippen molar-refractivity contribution in [1.82, 2.24) is 0 Å². The molecule has 0 atom stereocenters. The number of hydrogen-bond acceptors (Lipinski definition) is 2. The average Bonchev–Trinajstić information content (AvgIpc) is 2.26. The van der Waals surface area contributed by atoms with Crippen LogP contribution < -0.4 is 11.1 Å². The summed E-state index contributed by atoms with van der Waals surface area (Å²) in [7, 11) is 0. The predicted octanol–water partition coefficient (Wildman–Crippen LogP) is 2.38. The maximum absolute atomic E-state index is 12.2. The number of carbonyl (C=O) groups is 1. The molecule has 0 aromatic heterocycles. The summed E-state index contributed by atoms with van der Waals surface area (Å²) in [6.07, 6.45) is -3.55. The molecule has 0 spiro atoms. The summed E-state index contributed by atoms with van der Waals surface area (Å²) in [4.78, 5) is 11.3. The van der Waals surface area contributed by atoms with Crippen molar-refractivity contribution < 1.29 is 18.0 Å². The smallest absolute Gasteiger partial charge is 0.330 e. The minimum absolute atomic E-state index is 0.254. The molecule has 1 amide bonds. The molecule has 1 aromatic carbocycles. The molecule has 1 aromatic rings. The van der Waals surface area contributed by atoms with Crippen LogP contribution in [0.3, 0.4) is 0 Å². The summed E-state index contributed by atoms with van der Waals surface area (Å²) < 4.78 is 36.7. The van der Waals surface area contributed by atoms with Gasteiger partial charge in [0.1, 0.15) is 0 Å². The van der Waals surface area contributed by atoms with Crippen molar-refractivity contribution >= 4 is 11.6 Å². The highest BCUT2D eigenvalue weighted by atomic mass is 19.4. The highest BCUT2D eigenvalue weighted by molar-refractivity contribution is 5.90. The maximum atomic E-state index is 12.2.